The number of aliphatic carboxylic acids is 2. The van der Waals surface area contributed by atoms with Gasteiger partial charge in [0.05, 0.1) is 0 Å². The fourth-order valence-corrected chi connectivity index (χ4v) is 0.729. The Labute approximate surface area is 95.3 Å². The van der Waals surface area contributed by atoms with E-state index < -0.39 is 11.9 Å². The second kappa shape index (κ2) is 11.9. The van der Waals surface area contributed by atoms with Crippen molar-refractivity contribution in [3.05, 3.63) is 0 Å². The summed E-state index contributed by atoms with van der Waals surface area (Å²) in [5, 5.41) is 27.2. The zero-order chi connectivity index (χ0) is 13.0. The summed E-state index contributed by atoms with van der Waals surface area (Å²) < 4.78 is 0. The van der Waals surface area contributed by atoms with Crippen molar-refractivity contribution in [2.24, 2.45) is 0 Å². The quantitative estimate of drug-likeness (QED) is 0.381. The van der Waals surface area contributed by atoms with Crippen LogP contribution in [0.4, 0.5) is 0 Å². The largest absolute Gasteiger partial charge is 0.481 e. The Morgan fingerprint density at radius 1 is 1.06 bits per heavy atom. The van der Waals surface area contributed by atoms with Crippen molar-refractivity contribution in [2.45, 2.75) is 45.3 Å². The summed E-state index contributed by atoms with van der Waals surface area (Å²) in [5.74, 6) is -1.64. The number of hydrogen-bond donors (Lipinski definition) is 4. The van der Waals surface area contributed by atoms with Gasteiger partial charge in [-0.25, -0.2) is 0 Å². The molecular weight excluding hydrogens is 214 g/mol. The third-order valence-corrected chi connectivity index (χ3v) is 1.70. The molecule has 6 nitrogen and oxygen atoms in total. The predicted octanol–water partition coefficient (Wildman–Crippen LogP) is 0.650. The smallest absolute Gasteiger partial charge is 0.303 e. The Morgan fingerprint density at radius 2 is 1.38 bits per heavy atom. The molecular formula is C10H21NO5. The first-order valence-corrected chi connectivity index (χ1v) is 5.19. The maximum Gasteiger partial charge on any atom is 0.303 e. The first-order chi connectivity index (χ1) is 7.40. The maximum atomic E-state index is 9.98. The van der Waals surface area contributed by atoms with Crippen molar-refractivity contribution in [1.82, 2.24) is 5.32 Å². The average Bonchev–Trinajstić information content (AvgIpc) is 2.17. The van der Waals surface area contributed by atoms with Gasteiger partial charge in [-0.05, 0) is 26.8 Å². The predicted molar refractivity (Wildman–Crippen MR) is 59.1 cm³/mol. The molecule has 6 heteroatoms. The number of rotatable bonds is 7. The molecule has 1 unspecified atom stereocenters. The van der Waals surface area contributed by atoms with E-state index in [4.69, 9.17) is 15.3 Å². The molecule has 0 aliphatic heterocycles. The Hall–Kier alpha value is -1.14. The van der Waals surface area contributed by atoms with Crippen molar-refractivity contribution in [2.75, 3.05) is 7.05 Å². The van der Waals surface area contributed by atoms with E-state index in [0.29, 0.717) is 19.3 Å². The van der Waals surface area contributed by atoms with Crippen LogP contribution in [-0.2, 0) is 9.59 Å². The van der Waals surface area contributed by atoms with Gasteiger partial charge in [0, 0.05) is 12.8 Å². The summed E-state index contributed by atoms with van der Waals surface area (Å²) in [4.78, 5) is 20.0. The topological polar surface area (TPSA) is 107 Å². The van der Waals surface area contributed by atoms with E-state index in [0.717, 1.165) is 0 Å². The van der Waals surface area contributed by atoms with E-state index in [1.54, 1.807) is 14.0 Å². The molecule has 0 saturated heterocycles. The van der Waals surface area contributed by atoms with Crippen LogP contribution in [0.1, 0.15) is 39.0 Å². The minimum atomic E-state index is -0.819. The molecule has 0 heterocycles. The van der Waals surface area contributed by atoms with Gasteiger partial charge >= 0.3 is 11.9 Å². The summed E-state index contributed by atoms with van der Waals surface area (Å²) in [6.07, 6.45) is 1.73. The molecule has 0 aromatic carbocycles. The van der Waals surface area contributed by atoms with Gasteiger partial charge in [0.15, 0.2) is 0 Å². The van der Waals surface area contributed by atoms with Crippen molar-refractivity contribution < 1.29 is 24.9 Å². The molecule has 1 atom stereocenters. The molecule has 0 aromatic heterocycles. The summed E-state index contributed by atoms with van der Waals surface area (Å²) >= 11 is 0. The molecule has 0 aromatic rings. The van der Waals surface area contributed by atoms with Crippen molar-refractivity contribution in [3.63, 3.8) is 0 Å². The second-order valence-corrected chi connectivity index (χ2v) is 3.31. The van der Waals surface area contributed by atoms with Crippen LogP contribution in [0.3, 0.4) is 0 Å². The number of nitrogens with one attached hydrogen (secondary N) is 1. The minimum Gasteiger partial charge on any atom is -0.481 e. The highest BCUT2D eigenvalue weighted by atomic mass is 16.4. The summed E-state index contributed by atoms with van der Waals surface area (Å²) in [6.45, 7) is 1.67. The third-order valence-electron chi connectivity index (χ3n) is 1.70. The Morgan fingerprint density at radius 3 is 1.56 bits per heavy atom. The van der Waals surface area contributed by atoms with Crippen LogP contribution in [0, 0.1) is 0 Å². The normalized spacial score (nSPS) is 11.2. The van der Waals surface area contributed by atoms with E-state index in [2.05, 4.69) is 5.32 Å². The SMILES string of the molecule is CNC(C)O.O=C(O)CCCCCC(=O)O. The maximum absolute atomic E-state index is 9.98. The highest BCUT2D eigenvalue weighted by Gasteiger charge is 1.98. The van der Waals surface area contributed by atoms with Crippen LogP contribution < -0.4 is 5.32 Å². The van der Waals surface area contributed by atoms with E-state index >= 15 is 0 Å². The Kier molecular flexibility index (Phi) is 12.9. The van der Waals surface area contributed by atoms with Gasteiger partial charge in [0.1, 0.15) is 6.23 Å². The second-order valence-electron chi connectivity index (χ2n) is 3.31. The number of unbranched alkanes of at least 4 members (excludes halogenated alkanes) is 2. The molecule has 0 saturated carbocycles. The Balaban J connectivity index is 0. The lowest BCUT2D eigenvalue weighted by Crippen LogP contribution is -2.19. The molecule has 0 aliphatic rings. The molecule has 0 radical (unpaired) electrons. The lowest BCUT2D eigenvalue weighted by atomic mass is 10.1. The minimum absolute atomic E-state index is 0.139. The summed E-state index contributed by atoms with van der Waals surface area (Å²) in [7, 11) is 1.70. The molecule has 16 heavy (non-hydrogen) atoms. The highest BCUT2D eigenvalue weighted by Crippen LogP contribution is 2.02. The number of carbonyl (C=O) groups is 2. The van der Waals surface area contributed by atoms with Gasteiger partial charge in [0.25, 0.3) is 0 Å². The van der Waals surface area contributed by atoms with Crippen molar-refractivity contribution in [1.29, 1.82) is 0 Å². The average molecular weight is 235 g/mol. The van der Waals surface area contributed by atoms with Gasteiger partial charge in [-0.1, -0.05) is 6.42 Å². The van der Waals surface area contributed by atoms with E-state index in [9.17, 15) is 9.59 Å². The molecule has 0 aliphatic carbocycles. The zero-order valence-corrected chi connectivity index (χ0v) is 9.77. The van der Waals surface area contributed by atoms with Gasteiger partial charge in [0.2, 0.25) is 0 Å². The number of aliphatic hydroxyl groups is 1. The number of hydrogen-bond acceptors (Lipinski definition) is 4. The molecule has 0 rings (SSSR count). The van der Waals surface area contributed by atoms with Crippen molar-refractivity contribution in [3.8, 4) is 0 Å². The first kappa shape index (κ1) is 17.3. The fourth-order valence-electron chi connectivity index (χ4n) is 0.729. The lowest BCUT2D eigenvalue weighted by molar-refractivity contribution is -0.137. The lowest BCUT2D eigenvalue weighted by Gasteiger charge is -1.94. The summed E-state index contributed by atoms with van der Waals surface area (Å²) in [6, 6.07) is 0. The van der Waals surface area contributed by atoms with E-state index in [-0.39, 0.29) is 19.1 Å². The van der Waals surface area contributed by atoms with Crippen LogP contribution in [0.5, 0.6) is 0 Å². The first-order valence-electron chi connectivity index (χ1n) is 5.19. The number of carboxylic acids is 2. The van der Waals surface area contributed by atoms with Crippen LogP contribution in [0.15, 0.2) is 0 Å². The van der Waals surface area contributed by atoms with Gasteiger partial charge in [-0.2, -0.15) is 0 Å². The summed E-state index contributed by atoms with van der Waals surface area (Å²) in [5.41, 5.74) is 0. The third kappa shape index (κ3) is 23.0. The van der Waals surface area contributed by atoms with E-state index in [1.165, 1.54) is 0 Å². The number of carboxylic acid groups (broad SMARTS) is 2. The standard InChI is InChI=1S/C7H12O4.C3H9NO/c8-6(9)4-2-1-3-5-7(10)11;1-3(5)4-2/h1-5H2,(H,8,9)(H,10,11);3-5H,1-2H3. The number of aliphatic hydroxyl groups excluding tert-OH is 1. The van der Waals surface area contributed by atoms with Crippen LogP contribution in [-0.4, -0.2) is 40.5 Å². The van der Waals surface area contributed by atoms with Crippen LogP contribution >= 0.6 is 0 Å². The highest BCUT2D eigenvalue weighted by molar-refractivity contribution is 5.67. The van der Waals surface area contributed by atoms with Gasteiger partial charge < -0.3 is 15.3 Å². The fraction of sp³-hybridized carbons (Fsp3) is 0.800. The van der Waals surface area contributed by atoms with Crippen LogP contribution in [0.25, 0.3) is 0 Å². The monoisotopic (exact) mass is 235 g/mol. The van der Waals surface area contributed by atoms with Gasteiger partial charge in [-0.15, -0.1) is 0 Å². The molecule has 4 N–H and O–H groups in total. The van der Waals surface area contributed by atoms with E-state index in [1.807, 2.05) is 0 Å². The Bertz CT molecular complexity index is 178. The molecule has 0 fully saturated rings. The van der Waals surface area contributed by atoms with Crippen LogP contribution in [0.2, 0.25) is 0 Å². The van der Waals surface area contributed by atoms with Gasteiger partial charge in [-0.3, -0.25) is 14.9 Å². The molecule has 0 bridgehead atoms. The molecule has 96 valence electrons. The molecule has 0 amide bonds. The molecule has 0 spiro atoms. The zero-order valence-electron chi connectivity index (χ0n) is 9.77. The van der Waals surface area contributed by atoms with Crippen molar-refractivity contribution >= 4 is 11.9 Å².